The summed E-state index contributed by atoms with van der Waals surface area (Å²) in [5.41, 5.74) is 2.85. The third-order valence-corrected chi connectivity index (χ3v) is 5.39. The van der Waals surface area contributed by atoms with E-state index >= 15 is 0 Å². The molecule has 0 saturated carbocycles. The minimum atomic E-state index is -0.407. The van der Waals surface area contributed by atoms with Gasteiger partial charge in [0.1, 0.15) is 12.4 Å². The first-order valence-corrected chi connectivity index (χ1v) is 9.74. The topological polar surface area (TPSA) is 64.6 Å². The molecule has 1 aromatic carbocycles. The SMILES string of the molecule is Cc1cccc(OCCNC(=O)COC(=O)c2csc3c2CCCC3)c1. The Balaban J connectivity index is 1.37. The predicted molar refractivity (Wildman–Crippen MR) is 101 cm³/mol. The van der Waals surface area contributed by atoms with E-state index in [1.54, 1.807) is 11.3 Å². The lowest BCUT2D eigenvalue weighted by Crippen LogP contribution is -2.32. The van der Waals surface area contributed by atoms with Gasteiger partial charge in [0.25, 0.3) is 5.91 Å². The van der Waals surface area contributed by atoms with Crippen LogP contribution in [0, 0.1) is 6.92 Å². The van der Waals surface area contributed by atoms with Crippen LogP contribution in [0.25, 0.3) is 0 Å². The highest BCUT2D eigenvalue weighted by Crippen LogP contribution is 2.30. The molecule has 2 aromatic rings. The minimum absolute atomic E-state index is 0.270. The molecule has 0 spiro atoms. The van der Waals surface area contributed by atoms with E-state index in [2.05, 4.69) is 5.32 Å². The van der Waals surface area contributed by atoms with Crippen LogP contribution < -0.4 is 10.1 Å². The number of ether oxygens (including phenoxy) is 2. The molecule has 26 heavy (non-hydrogen) atoms. The largest absolute Gasteiger partial charge is 0.492 e. The molecule has 1 aromatic heterocycles. The van der Waals surface area contributed by atoms with Crippen molar-refractivity contribution in [3.05, 3.63) is 51.2 Å². The summed E-state index contributed by atoms with van der Waals surface area (Å²) < 4.78 is 10.7. The molecule has 0 bridgehead atoms. The summed E-state index contributed by atoms with van der Waals surface area (Å²) in [4.78, 5) is 25.3. The lowest BCUT2D eigenvalue weighted by Gasteiger charge is -2.12. The third kappa shape index (κ3) is 4.85. The highest BCUT2D eigenvalue weighted by Gasteiger charge is 2.21. The van der Waals surface area contributed by atoms with Crippen molar-refractivity contribution in [2.24, 2.45) is 0 Å². The van der Waals surface area contributed by atoms with Gasteiger partial charge in [-0.05, 0) is 55.9 Å². The van der Waals surface area contributed by atoms with E-state index in [-0.39, 0.29) is 12.5 Å². The summed E-state index contributed by atoms with van der Waals surface area (Å²) in [6, 6.07) is 7.72. The molecule has 1 amide bonds. The van der Waals surface area contributed by atoms with Crippen LogP contribution in [0.4, 0.5) is 0 Å². The van der Waals surface area contributed by atoms with Crippen LogP contribution in [0.5, 0.6) is 5.75 Å². The van der Waals surface area contributed by atoms with Crippen LogP contribution in [0.3, 0.4) is 0 Å². The molecule has 0 atom stereocenters. The van der Waals surface area contributed by atoms with Crippen LogP contribution in [-0.2, 0) is 22.4 Å². The molecule has 6 heteroatoms. The summed E-state index contributed by atoms with van der Waals surface area (Å²) >= 11 is 1.61. The Morgan fingerprint density at radius 2 is 2.08 bits per heavy atom. The quantitative estimate of drug-likeness (QED) is 0.597. The van der Waals surface area contributed by atoms with Crippen molar-refractivity contribution in [2.45, 2.75) is 32.6 Å². The van der Waals surface area contributed by atoms with Crippen molar-refractivity contribution in [1.82, 2.24) is 5.32 Å². The molecule has 138 valence electrons. The Kier molecular flexibility index (Phi) is 6.28. The number of esters is 1. The van der Waals surface area contributed by atoms with Crippen molar-refractivity contribution in [3.63, 3.8) is 0 Å². The number of carbonyl (C=O) groups excluding carboxylic acids is 2. The van der Waals surface area contributed by atoms with Gasteiger partial charge in [0.15, 0.2) is 6.61 Å². The van der Waals surface area contributed by atoms with Crippen LogP contribution in [0.15, 0.2) is 29.6 Å². The van der Waals surface area contributed by atoms with E-state index in [0.717, 1.165) is 36.1 Å². The van der Waals surface area contributed by atoms with E-state index in [1.165, 1.54) is 11.3 Å². The molecule has 0 radical (unpaired) electrons. The molecule has 0 saturated heterocycles. The number of amides is 1. The Hall–Kier alpha value is -2.34. The van der Waals surface area contributed by atoms with Gasteiger partial charge in [-0.25, -0.2) is 4.79 Å². The predicted octanol–water partition coefficient (Wildman–Crippen LogP) is 3.29. The maximum atomic E-state index is 12.2. The molecular formula is C20H23NO4S. The standard InChI is InChI=1S/C20H23NO4S/c1-14-5-4-6-15(11-14)24-10-9-21-19(22)12-25-20(23)17-13-26-18-8-3-2-7-16(17)18/h4-6,11,13H,2-3,7-10,12H2,1H3,(H,21,22). The van der Waals surface area contributed by atoms with Gasteiger partial charge in [0.2, 0.25) is 0 Å². The molecule has 1 aliphatic rings. The van der Waals surface area contributed by atoms with Crippen molar-refractivity contribution in [2.75, 3.05) is 19.8 Å². The average Bonchev–Trinajstić information content (AvgIpc) is 3.07. The van der Waals surface area contributed by atoms with Gasteiger partial charge in [-0.3, -0.25) is 4.79 Å². The van der Waals surface area contributed by atoms with E-state index in [1.807, 2.05) is 36.6 Å². The highest BCUT2D eigenvalue weighted by atomic mass is 32.1. The monoisotopic (exact) mass is 373 g/mol. The number of hydrogen-bond acceptors (Lipinski definition) is 5. The number of carbonyl (C=O) groups is 2. The second-order valence-electron chi connectivity index (χ2n) is 6.35. The van der Waals surface area contributed by atoms with Crippen molar-refractivity contribution < 1.29 is 19.1 Å². The maximum absolute atomic E-state index is 12.2. The number of thiophene rings is 1. The van der Waals surface area contributed by atoms with Crippen LogP contribution in [-0.4, -0.2) is 31.6 Å². The minimum Gasteiger partial charge on any atom is -0.492 e. The molecule has 5 nitrogen and oxygen atoms in total. The summed E-state index contributed by atoms with van der Waals surface area (Å²) in [7, 11) is 0. The van der Waals surface area contributed by atoms with Crippen LogP contribution in [0.1, 0.15) is 39.2 Å². The smallest absolute Gasteiger partial charge is 0.339 e. The lowest BCUT2D eigenvalue weighted by molar-refractivity contribution is -0.124. The van der Waals surface area contributed by atoms with Gasteiger partial charge in [-0.15, -0.1) is 11.3 Å². The van der Waals surface area contributed by atoms with Gasteiger partial charge in [-0.1, -0.05) is 12.1 Å². The Morgan fingerprint density at radius 3 is 2.92 bits per heavy atom. The molecule has 0 aliphatic heterocycles. The van der Waals surface area contributed by atoms with Crippen LogP contribution >= 0.6 is 11.3 Å². The summed E-state index contributed by atoms with van der Waals surface area (Å²) in [6.07, 6.45) is 4.24. The van der Waals surface area contributed by atoms with Crippen LogP contribution in [0.2, 0.25) is 0 Å². The first-order chi connectivity index (χ1) is 12.6. The van der Waals surface area contributed by atoms with Crippen molar-refractivity contribution in [1.29, 1.82) is 0 Å². The lowest BCUT2D eigenvalue weighted by atomic mass is 9.96. The second kappa shape index (κ2) is 8.85. The van der Waals surface area contributed by atoms with E-state index in [9.17, 15) is 9.59 Å². The molecule has 1 aliphatic carbocycles. The fourth-order valence-corrected chi connectivity index (χ4v) is 4.10. The molecular weight excluding hydrogens is 350 g/mol. The third-order valence-electron chi connectivity index (χ3n) is 4.30. The van der Waals surface area contributed by atoms with E-state index in [4.69, 9.17) is 9.47 Å². The van der Waals surface area contributed by atoms with Gasteiger partial charge < -0.3 is 14.8 Å². The fourth-order valence-electron chi connectivity index (χ4n) is 2.99. The zero-order valence-electron chi connectivity index (χ0n) is 14.9. The first-order valence-electron chi connectivity index (χ1n) is 8.86. The second-order valence-corrected chi connectivity index (χ2v) is 7.31. The Labute approximate surface area is 157 Å². The number of hydrogen-bond donors (Lipinski definition) is 1. The Morgan fingerprint density at radius 1 is 1.23 bits per heavy atom. The van der Waals surface area contributed by atoms with Crippen molar-refractivity contribution in [3.8, 4) is 5.75 Å². The number of aryl methyl sites for hydroxylation is 2. The molecule has 1 N–H and O–H groups in total. The number of fused-ring (bicyclic) bond motifs is 1. The van der Waals surface area contributed by atoms with Crippen molar-refractivity contribution >= 4 is 23.2 Å². The summed E-state index contributed by atoms with van der Waals surface area (Å²) in [6.45, 7) is 2.45. The summed E-state index contributed by atoms with van der Waals surface area (Å²) in [5, 5.41) is 4.55. The van der Waals surface area contributed by atoms with Gasteiger partial charge in [0.05, 0.1) is 12.1 Å². The normalized spacial score (nSPS) is 13.0. The number of rotatable bonds is 7. The maximum Gasteiger partial charge on any atom is 0.339 e. The average molecular weight is 373 g/mol. The number of nitrogens with one attached hydrogen (secondary N) is 1. The Bertz CT molecular complexity index is 784. The van der Waals surface area contributed by atoms with Gasteiger partial charge >= 0.3 is 5.97 Å². The molecule has 0 fully saturated rings. The zero-order valence-corrected chi connectivity index (χ0v) is 15.7. The van der Waals surface area contributed by atoms with E-state index in [0.29, 0.717) is 18.7 Å². The van der Waals surface area contributed by atoms with Gasteiger partial charge in [0, 0.05) is 10.3 Å². The highest BCUT2D eigenvalue weighted by molar-refractivity contribution is 7.10. The van der Waals surface area contributed by atoms with E-state index < -0.39 is 5.97 Å². The molecule has 1 heterocycles. The molecule has 0 unspecified atom stereocenters. The first kappa shape index (κ1) is 18.5. The number of benzene rings is 1. The molecule has 3 rings (SSSR count). The zero-order chi connectivity index (χ0) is 18.4. The summed E-state index contributed by atoms with van der Waals surface area (Å²) in [5.74, 6) is 0.0405. The fraction of sp³-hybridized carbons (Fsp3) is 0.400. The van der Waals surface area contributed by atoms with Gasteiger partial charge in [-0.2, -0.15) is 0 Å².